The van der Waals surface area contributed by atoms with Crippen molar-refractivity contribution in [1.29, 1.82) is 0 Å². The largest absolute Gasteiger partial charge is 0.433 e. The number of rotatable bonds is 7. The molecule has 0 aromatic carbocycles. The van der Waals surface area contributed by atoms with E-state index in [2.05, 4.69) is 15.0 Å². The maximum absolute atomic E-state index is 12.0. The Bertz CT molecular complexity index is 440. The van der Waals surface area contributed by atoms with Gasteiger partial charge in [0.2, 0.25) is 5.91 Å². The average Bonchev–Trinajstić information content (AvgIpc) is 2.82. The van der Waals surface area contributed by atoms with E-state index in [0.29, 0.717) is 18.8 Å². The first kappa shape index (κ1) is 14.5. The molecule has 0 atom stereocenters. The predicted octanol–water partition coefficient (Wildman–Crippen LogP) is 2.11. The Balaban J connectivity index is 1.67. The van der Waals surface area contributed by atoms with Gasteiger partial charge in [-0.2, -0.15) is 8.78 Å². The Morgan fingerprint density at radius 3 is 2.90 bits per heavy atom. The lowest BCUT2D eigenvalue weighted by molar-refractivity contribution is -0.127. The SMILES string of the molecule is O=C1CCCN1CCCNc1ccc(OC(F)F)cn1. The molecule has 0 bridgehead atoms. The van der Waals surface area contributed by atoms with Crippen LogP contribution in [0.3, 0.4) is 0 Å². The van der Waals surface area contributed by atoms with Crippen LogP contribution < -0.4 is 10.1 Å². The van der Waals surface area contributed by atoms with Crippen molar-refractivity contribution >= 4 is 11.7 Å². The molecule has 2 heterocycles. The molecular formula is C13H17F2N3O2. The Hall–Kier alpha value is -1.92. The van der Waals surface area contributed by atoms with Crippen LogP contribution in [-0.2, 0) is 4.79 Å². The summed E-state index contributed by atoms with van der Waals surface area (Å²) in [6, 6.07) is 3.02. The summed E-state index contributed by atoms with van der Waals surface area (Å²) in [6.07, 6.45) is 3.67. The van der Waals surface area contributed by atoms with Crippen LogP contribution >= 0.6 is 0 Å². The second-order valence-electron chi connectivity index (χ2n) is 4.52. The molecule has 1 N–H and O–H groups in total. The quantitative estimate of drug-likeness (QED) is 0.780. The van der Waals surface area contributed by atoms with E-state index in [1.54, 1.807) is 6.07 Å². The summed E-state index contributed by atoms with van der Waals surface area (Å²) in [4.78, 5) is 17.2. The summed E-state index contributed by atoms with van der Waals surface area (Å²) in [5.74, 6) is 0.851. The fourth-order valence-electron chi connectivity index (χ4n) is 2.08. The predicted molar refractivity (Wildman–Crippen MR) is 69.8 cm³/mol. The first-order valence-corrected chi connectivity index (χ1v) is 6.57. The topological polar surface area (TPSA) is 54.5 Å². The average molecular weight is 285 g/mol. The molecule has 7 heteroatoms. The van der Waals surface area contributed by atoms with Gasteiger partial charge in [0.15, 0.2) is 0 Å². The van der Waals surface area contributed by atoms with Crippen LogP contribution in [0.15, 0.2) is 18.3 Å². The van der Waals surface area contributed by atoms with E-state index in [1.165, 1.54) is 12.3 Å². The molecule has 1 aliphatic rings. The molecular weight excluding hydrogens is 268 g/mol. The zero-order chi connectivity index (χ0) is 14.4. The number of nitrogens with zero attached hydrogens (tertiary/aromatic N) is 2. The molecule has 0 unspecified atom stereocenters. The Labute approximate surface area is 115 Å². The summed E-state index contributed by atoms with van der Waals surface area (Å²) in [7, 11) is 0. The molecule has 1 aromatic rings. The van der Waals surface area contributed by atoms with Gasteiger partial charge < -0.3 is 15.0 Å². The number of likely N-dealkylation sites (tertiary alicyclic amines) is 1. The van der Waals surface area contributed by atoms with Crippen LogP contribution in [0.5, 0.6) is 5.75 Å². The summed E-state index contributed by atoms with van der Waals surface area (Å²) >= 11 is 0. The first-order valence-electron chi connectivity index (χ1n) is 6.57. The highest BCUT2D eigenvalue weighted by atomic mass is 19.3. The molecule has 2 rings (SSSR count). The Morgan fingerprint density at radius 2 is 2.30 bits per heavy atom. The molecule has 5 nitrogen and oxygen atoms in total. The maximum atomic E-state index is 12.0. The molecule has 0 spiro atoms. The van der Waals surface area contributed by atoms with Crippen molar-refractivity contribution in [2.45, 2.75) is 25.9 Å². The zero-order valence-electron chi connectivity index (χ0n) is 11.0. The van der Waals surface area contributed by atoms with Gasteiger partial charge >= 0.3 is 6.61 Å². The third-order valence-electron chi connectivity index (χ3n) is 3.04. The van der Waals surface area contributed by atoms with E-state index in [9.17, 15) is 13.6 Å². The summed E-state index contributed by atoms with van der Waals surface area (Å²) in [5, 5.41) is 3.07. The Kier molecular flexibility index (Phi) is 5.09. The van der Waals surface area contributed by atoms with Gasteiger partial charge in [-0.1, -0.05) is 0 Å². The summed E-state index contributed by atoms with van der Waals surface area (Å²) < 4.78 is 28.1. The minimum Gasteiger partial charge on any atom is -0.433 e. The fourth-order valence-corrected chi connectivity index (χ4v) is 2.08. The first-order chi connectivity index (χ1) is 9.65. The van der Waals surface area contributed by atoms with Crippen LogP contribution in [0.4, 0.5) is 14.6 Å². The molecule has 1 saturated heterocycles. The maximum Gasteiger partial charge on any atom is 0.387 e. The highest BCUT2D eigenvalue weighted by Crippen LogP contribution is 2.15. The lowest BCUT2D eigenvalue weighted by Gasteiger charge is -2.15. The number of carbonyl (C=O) groups excluding carboxylic acids is 1. The molecule has 20 heavy (non-hydrogen) atoms. The molecule has 0 aliphatic carbocycles. The van der Waals surface area contributed by atoms with Gasteiger partial charge in [0, 0.05) is 26.1 Å². The number of carbonyl (C=O) groups is 1. The standard InChI is InChI=1S/C13H17F2N3O2/c14-13(15)20-10-4-5-11(17-9-10)16-6-2-8-18-7-1-3-12(18)19/h4-5,9,13H,1-3,6-8H2,(H,16,17). The van der Waals surface area contributed by atoms with Crippen molar-refractivity contribution in [2.24, 2.45) is 0 Å². The van der Waals surface area contributed by atoms with E-state index in [4.69, 9.17) is 0 Å². The molecule has 110 valence electrons. The van der Waals surface area contributed by atoms with Gasteiger partial charge in [0.05, 0.1) is 6.20 Å². The van der Waals surface area contributed by atoms with Crippen LogP contribution in [0.25, 0.3) is 0 Å². The normalized spacial score (nSPS) is 14.9. The molecule has 1 aromatic heterocycles. The van der Waals surface area contributed by atoms with Crippen molar-refractivity contribution in [1.82, 2.24) is 9.88 Å². The highest BCUT2D eigenvalue weighted by molar-refractivity contribution is 5.77. The number of anilines is 1. The van der Waals surface area contributed by atoms with Gasteiger partial charge in [-0.05, 0) is 25.0 Å². The monoisotopic (exact) mass is 285 g/mol. The van der Waals surface area contributed by atoms with Gasteiger partial charge in [0.25, 0.3) is 0 Å². The van der Waals surface area contributed by atoms with Crippen LogP contribution in [0.1, 0.15) is 19.3 Å². The number of pyridine rings is 1. The second kappa shape index (κ2) is 7.02. The number of nitrogens with one attached hydrogen (secondary N) is 1. The third kappa shape index (κ3) is 4.32. The molecule has 1 amide bonds. The lowest BCUT2D eigenvalue weighted by Crippen LogP contribution is -2.27. The zero-order valence-corrected chi connectivity index (χ0v) is 11.0. The van der Waals surface area contributed by atoms with E-state index in [0.717, 1.165) is 25.9 Å². The number of halogens is 2. The molecule has 0 saturated carbocycles. The van der Waals surface area contributed by atoms with Crippen LogP contribution in [0, 0.1) is 0 Å². The fraction of sp³-hybridized carbons (Fsp3) is 0.538. The number of alkyl halides is 2. The summed E-state index contributed by atoms with van der Waals surface area (Å²) in [6.45, 7) is -0.588. The Morgan fingerprint density at radius 1 is 1.45 bits per heavy atom. The number of hydrogen-bond donors (Lipinski definition) is 1. The van der Waals surface area contributed by atoms with Crippen LogP contribution in [-0.4, -0.2) is 42.0 Å². The summed E-state index contributed by atoms with van der Waals surface area (Å²) in [5.41, 5.74) is 0. The number of hydrogen-bond acceptors (Lipinski definition) is 4. The number of ether oxygens (including phenoxy) is 1. The minimum atomic E-state index is -2.84. The number of amides is 1. The second-order valence-corrected chi connectivity index (χ2v) is 4.52. The van der Waals surface area contributed by atoms with Crippen molar-refractivity contribution in [3.63, 3.8) is 0 Å². The molecule has 1 fully saturated rings. The van der Waals surface area contributed by atoms with Gasteiger partial charge in [-0.3, -0.25) is 4.79 Å². The van der Waals surface area contributed by atoms with Gasteiger partial charge in [-0.15, -0.1) is 0 Å². The van der Waals surface area contributed by atoms with E-state index in [1.807, 2.05) is 4.90 Å². The van der Waals surface area contributed by atoms with E-state index in [-0.39, 0.29) is 11.7 Å². The van der Waals surface area contributed by atoms with Gasteiger partial charge in [-0.25, -0.2) is 4.98 Å². The lowest BCUT2D eigenvalue weighted by atomic mass is 10.3. The van der Waals surface area contributed by atoms with Crippen molar-refractivity contribution in [3.05, 3.63) is 18.3 Å². The third-order valence-corrected chi connectivity index (χ3v) is 3.04. The molecule has 0 radical (unpaired) electrons. The van der Waals surface area contributed by atoms with E-state index >= 15 is 0 Å². The number of aromatic nitrogens is 1. The van der Waals surface area contributed by atoms with Crippen LogP contribution in [0.2, 0.25) is 0 Å². The van der Waals surface area contributed by atoms with Crippen molar-refractivity contribution in [2.75, 3.05) is 25.0 Å². The van der Waals surface area contributed by atoms with Crippen molar-refractivity contribution in [3.8, 4) is 5.75 Å². The van der Waals surface area contributed by atoms with Gasteiger partial charge in [0.1, 0.15) is 11.6 Å². The molecule has 1 aliphatic heterocycles. The van der Waals surface area contributed by atoms with Crippen molar-refractivity contribution < 1.29 is 18.3 Å². The highest BCUT2D eigenvalue weighted by Gasteiger charge is 2.18. The smallest absolute Gasteiger partial charge is 0.387 e. The minimum absolute atomic E-state index is 0.0354. The van der Waals surface area contributed by atoms with E-state index < -0.39 is 6.61 Å².